The Hall–Kier alpha value is -1.03. The molecule has 16 heavy (non-hydrogen) atoms. The van der Waals surface area contributed by atoms with Crippen molar-refractivity contribution >= 4 is 0 Å². The summed E-state index contributed by atoms with van der Waals surface area (Å²) >= 11 is 0. The SMILES string of the molecule is CC(CCC[NH])c1ccc(C(F)(F)F)cc1. The maximum Gasteiger partial charge on any atom is 0.416 e. The van der Waals surface area contributed by atoms with Crippen molar-refractivity contribution in [2.24, 2.45) is 0 Å². The summed E-state index contributed by atoms with van der Waals surface area (Å²) in [6.45, 7) is 2.34. The van der Waals surface area contributed by atoms with Crippen molar-refractivity contribution in [3.8, 4) is 0 Å². The molecule has 0 saturated carbocycles. The lowest BCUT2D eigenvalue weighted by molar-refractivity contribution is -0.137. The third kappa shape index (κ3) is 3.52. The van der Waals surface area contributed by atoms with Crippen LogP contribution in [0.15, 0.2) is 24.3 Å². The molecule has 0 amide bonds. The standard InChI is InChI=1S/C12H15F3N/c1-9(3-2-8-16)10-4-6-11(7-5-10)12(13,14)15/h4-7,9,16H,2-3,8H2,1H3. The molecule has 4 heteroatoms. The predicted molar refractivity (Wildman–Crippen MR) is 57.1 cm³/mol. The molecule has 0 spiro atoms. The highest BCUT2D eigenvalue weighted by Crippen LogP contribution is 2.30. The number of hydrogen-bond donors (Lipinski definition) is 0. The van der Waals surface area contributed by atoms with Gasteiger partial charge in [0.1, 0.15) is 0 Å². The minimum absolute atomic E-state index is 0.215. The molecule has 1 nitrogen and oxygen atoms in total. The van der Waals surface area contributed by atoms with Crippen molar-refractivity contribution in [3.05, 3.63) is 35.4 Å². The highest BCUT2D eigenvalue weighted by atomic mass is 19.4. The fourth-order valence-corrected chi connectivity index (χ4v) is 1.58. The summed E-state index contributed by atoms with van der Waals surface area (Å²) in [5, 5.41) is 0. The first kappa shape index (κ1) is 13.0. The van der Waals surface area contributed by atoms with Gasteiger partial charge in [-0.1, -0.05) is 19.1 Å². The van der Waals surface area contributed by atoms with E-state index >= 15 is 0 Å². The Bertz CT molecular complexity index is 316. The topological polar surface area (TPSA) is 23.8 Å². The number of nitrogens with one attached hydrogen (secondary N) is 1. The lowest BCUT2D eigenvalue weighted by Crippen LogP contribution is -2.05. The van der Waals surface area contributed by atoms with Crippen molar-refractivity contribution in [2.75, 3.05) is 6.54 Å². The lowest BCUT2D eigenvalue weighted by atomic mass is 9.95. The molecule has 1 atom stereocenters. The van der Waals surface area contributed by atoms with E-state index in [9.17, 15) is 13.2 Å². The van der Waals surface area contributed by atoms with Crippen molar-refractivity contribution in [1.29, 1.82) is 0 Å². The molecule has 0 fully saturated rings. The summed E-state index contributed by atoms with van der Waals surface area (Å²) in [5.74, 6) is 0.215. The summed E-state index contributed by atoms with van der Waals surface area (Å²) in [6.07, 6.45) is -2.64. The maximum atomic E-state index is 12.3. The second kappa shape index (κ2) is 5.34. The Morgan fingerprint density at radius 3 is 2.19 bits per heavy atom. The van der Waals surface area contributed by atoms with Gasteiger partial charge in [0.25, 0.3) is 0 Å². The van der Waals surface area contributed by atoms with Gasteiger partial charge in [-0.2, -0.15) is 13.2 Å². The zero-order valence-corrected chi connectivity index (χ0v) is 9.14. The first-order chi connectivity index (χ1) is 7.45. The van der Waals surface area contributed by atoms with Crippen LogP contribution < -0.4 is 5.73 Å². The molecule has 1 aromatic carbocycles. The fraction of sp³-hybridized carbons (Fsp3) is 0.500. The molecule has 0 aliphatic carbocycles. The molecule has 89 valence electrons. The molecule has 1 radical (unpaired) electrons. The Balaban J connectivity index is 2.71. The third-order valence-corrected chi connectivity index (χ3v) is 2.62. The van der Waals surface area contributed by atoms with Crippen LogP contribution in [0.3, 0.4) is 0 Å². The molecule has 1 unspecified atom stereocenters. The number of alkyl halides is 3. The van der Waals surface area contributed by atoms with Crippen LogP contribution in [0.2, 0.25) is 0 Å². The molecule has 0 aromatic heterocycles. The molecular formula is C12H15F3N. The monoisotopic (exact) mass is 230 g/mol. The van der Waals surface area contributed by atoms with Crippen LogP contribution >= 0.6 is 0 Å². The van der Waals surface area contributed by atoms with E-state index in [1.54, 1.807) is 0 Å². The molecule has 0 aliphatic heterocycles. The predicted octanol–water partition coefficient (Wildman–Crippen LogP) is 3.87. The summed E-state index contributed by atoms with van der Waals surface area (Å²) in [4.78, 5) is 0. The van der Waals surface area contributed by atoms with Gasteiger partial charge in [0.2, 0.25) is 0 Å². The van der Waals surface area contributed by atoms with Crippen molar-refractivity contribution in [3.63, 3.8) is 0 Å². The van der Waals surface area contributed by atoms with Gasteiger partial charge < -0.3 is 0 Å². The quantitative estimate of drug-likeness (QED) is 0.749. The van der Waals surface area contributed by atoms with Gasteiger partial charge in [-0.15, -0.1) is 0 Å². The van der Waals surface area contributed by atoms with Crippen LogP contribution in [0.5, 0.6) is 0 Å². The van der Waals surface area contributed by atoms with Crippen LogP contribution in [0.25, 0.3) is 0 Å². The van der Waals surface area contributed by atoms with Crippen molar-refractivity contribution in [2.45, 2.75) is 31.9 Å². The normalized spacial score (nSPS) is 13.8. The van der Waals surface area contributed by atoms with Crippen LogP contribution in [-0.2, 0) is 6.18 Å². The van der Waals surface area contributed by atoms with Gasteiger partial charge >= 0.3 is 6.18 Å². The van der Waals surface area contributed by atoms with Gasteiger partial charge in [-0.25, -0.2) is 0 Å². The van der Waals surface area contributed by atoms with E-state index in [0.717, 1.165) is 30.5 Å². The van der Waals surface area contributed by atoms with Crippen molar-refractivity contribution in [1.82, 2.24) is 5.73 Å². The second-order valence-electron chi connectivity index (χ2n) is 3.91. The van der Waals surface area contributed by atoms with E-state index < -0.39 is 11.7 Å². The zero-order valence-electron chi connectivity index (χ0n) is 9.14. The maximum absolute atomic E-state index is 12.3. The van der Waals surface area contributed by atoms with E-state index in [0.29, 0.717) is 6.54 Å². The van der Waals surface area contributed by atoms with Crippen LogP contribution in [0.4, 0.5) is 13.2 Å². The average molecular weight is 230 g/mol. The Morgan fingerprint density at radius 2 is 1.75 bits per heavy atom. The fourth-order valence-electron chi connectivity index (χ4n) is 1.58. The molecule has 1 aromatic rings. The molecule has 0 saturated heterocycles. The van der Waals surface area contributed by atoms with E-state index in [1.807, 2.05) is 6.92 Å². The number of rotatable bonds is 4. The van der Waals surface area contributed by atoms with E-state index in [1.165, 1.54) is 12.1 Å². The highest BCUT2D eigenvalue weighted by Gasteiger charge is 2.30. The minimum Gasteiger partial charge on any atom is -0.258 e. The number of halogens is 3. The summed E-state index contributed by atoms with van der Waals surface area (Å²) < 4.78 is 36.9. The Kier molecular flexibility index (Phi) is 4.35. The summed E-state index contributed by atoms with van der Waals surface area (Å²) in [6, 6.07) is 5.29. The largest absolute Gasteiger partial charge is 0.416 e. The Labute approximate surface area is 93.5 Å². The van der Waals surface area contributed by atoms with Crippen molar-refractivity contribution < 1.29 is 13.2 Å². The van der Waals surface area contributed by atoms with Gasteiger partial charge in [0, 0.05) is 6.54 Å². The first-order valence-corrected chi connectivity index (χ1v) is 5.27. The summed E-state index contributed by atoms with van der Waals surface area (Å²) in [5.41, 5.74) is 7.32. The smallest absolute Gasteiger partial charge is 0.258 e. The molecule has 0 heterocycles. The first-order valence-electron chi connectivity index (χ1n) is 5.27. The minimum atomic E-state index is -4.26. The molecule has 0 aliphatic rings. The number of hydrogen-bond acceptors (Lipinski definition) is 0. The molecule has 1 N–H and O–H groups in total. The summed E-state index contributed by atoms with van der Waals surface area (Å²) in [7, 11) is 0. The number of benzene rings is 1. The molecule has 0 bridgehead atoms. The average Bonchev–Trinajstić information content (AvgIpc) is 2.25. The Morgan fingerprint density at radius 1 is 1.19 bits per heavy atom. The highest BCUT2D eigenvalue weighted by molar-refractivity contribution is 5.26. The van der Waals surface area contributed by atoms with E-state index in [-0.39, 0.29) is 5.92 Å². The van der Waals surface area contributed by atoms with Crippen LogP contribution in [0.1, 0.15) is 36.8 Å². The van der Waals surface area contributed by atoms with Crippen LogP contribution in [-0.4, -0.2) is 6.54 Å². The van der Waals surface area contributed by atoms with E-state index in [4.69, 9.17) is 5.73 Å². The van der Waals surface area contributed by atoms with Gasteiger partial charge in [-0.3, -0.25) is 5.73 Å². The lowest BCUT2D eigenvalue weighted by Gasteiger charge is -2.12. The molecule has 1 rings (SSSR count). The third-order valence-electron chi connectivity index (χ3n) is 2.62. The second-order valence-corrected chi connectivity index (χ2v) is 3.91. The van der Waals surface area contributed by atoms with Gasteiger partial charge in [-0.05, 0) is 36.5 Å². The van der Waals surface area contributed by atoms with E-state index in [2.05, 4.69) is 0 Å². The molecular weight excluding hydrogens is 215 g/mol. The van der Waals surface area contributed by atoms with Gasteiger partial charge in [0.15, 0.2) is 0 Å². The van der Waals surface area contributed by atoms with Crippen LogP contribution in [0, 0.1) is 0 Å². The van der Waals surface area contributed by atoms with Gasteiger partial charge in [0.05, 0.1) is 5.56 Å². The zero-order chi connectivity index (χ0) is 12.2.